The van der Waals surface area contributed by atoms with Gasteiger partial charge >= 0.3 is 5.97 Å². The molecule has 0 aliphatic heterocycles. The highest BCUT2D eigenvalue weighted by Gasteiger charge is 2.23. The summed E-state index contributed by atoms with van der Waals surface area (Å²) in [6, 6.07) is 0. The molecule has 0 rings (SSSR count). The minimum absolute atomic E-state index is 0.330. The number of alkyl halides is 1. The van der Waals surface area contributed by atoms with Crippen LogP contribution in [0.15, 0.2) is 5.16 Å². The second kappa shape index (κ2) is 5.87. The van der Waals surface area contributed by atoms with Crippen molar-refractivity contribution in [2.75, 3.05) is 13.0 Å². The first-order chi connectivity index (χ1) is 6.81. The average Bonchev–Trinajstić information content (AvgIpc) is 2.15. The molecule has 86 valence electrons. The molecule has 0 fully saturated rings. The van der Waals surface area contributed by atoms with Gasteiger partial charge in [0.15, 0.2) is 0 Å². The lowest BCUT2D eigenvalue weighted by Gasteiger charge is -2.13. The fourth-order valence-corrected chi connectivity index (χ4v) is 1.04. The third-order valence-corrected chi connectivity index (χ3v) is 2.06. The molecule has 5 nitrogen and oxygen atoms in total. The predicted octanol–water partition coefficient (Wildman–Crippen LogP) is 1.17. The Hall–Kier alpha value is -0.883. The molecule has 0 saturated carbocycles. The molecule has 0 aliphatic carbocycles. The van der Waals surface area contributed by atoms with Crippen molar-refractivity contribution in [2.24, 2.45) is 5.16 Å². The summed E-state index contributed by atoms with van der Waals surface area (Å²) in [4.78, 5) is 22.3. The quantitative estimate of drug-likeness (QED) is 0.184. The van der Waals surface area contributed by atoms with Crippen LogP contribution in [-0.4, -0.2) is 38.8 Å². The van der Waals surface area contributed by atoms with Gasteiger partial charge in [0.05, 0.1) is 13.0 Å². The van der Waals surface area contributed by atoms with Crippen LogP contribution in [0.3, 0.4) is 0 Å². The number of ketones is 1. The Bertz CT molecular complexity index is 267. The summed E-state index contributed by atoms with van der Waals surface area (Å²) in [5, 5.41) is 3.51. The zero-order valence-corrected chi connectivity index (χ0v) is 10.9. The summed E-state index contributed by atoms with van der Waals surface area (Å²) in [6.07, 6.45) is 0. The summed E-state index contributed by atoms with van der Waals surface area (Å²) in [5.41, 5.74) is -0.394. The summed E-state index contributed by atoms with van der Waals surface area (Å²) in [7, 11) is -0.767. The summed E-state index contributed by atoms with van der Waals surface area (Å²) >= 11 is 5.32. The minimum atomic E-state index is -1.93. The van der Waals surface area contributed by atoms with Crippen LogP contribution in [0, 0.1) is 0 Å². The van der Waals surface area contributed by atoms with E-state index in [1.165, 1.54) is 0 Å². The third kappa shape index (κ3) is 5.53. The smallest absolute Gasteiger partial charge is 0.363 e. The highest BCUT2D eigenvalue weighted by atomic mass is 35.5. The third-order valence-electron chi connectivity index (χ3n) is 1.18. The van der Waals surface area contributed by atoms with E-state index in [0.29, 0.717) is 0 Å². The number of hydrogen-bond acceptors (Lipinski definition) is 5. The average molecular weight is 252 g/mol. The molecule has 0 heterocycles. The Labute approximate surface area is 94.5 Å². The van der Waals surface area contributed by atoms with Gasteiger partial charge in [0.25, 0.3) is 8.32 Å². The molecule has 7 heteroatoms. The van der Waals surface area contributed by atoms with Gasteiger partial charge in [-0.25, -0.2) is 4.79 Å². The largest absolute Gasteiger partial charge is 0.464 e. The van der Waals surface area contributed by atoms with Gasteiger partial charge in [-0.05, 0) is 19.6 Å². The fourth-order valence-electron chi connectivity index (χ4n) is 0.545. The molecule has 0 aliphatic rings. The highest BCUT2D eigenvalue weighted by molar-refractivity contribution is 6.71. The van der Waals surface area contributed by atoms with E-state index >= 15 is 0 Å². The topological polar surface area (TPSA) is 65.0 Å². The molecule has 0 bridgehead atoms. The van der Waals surface area contributed by atoms with Crippen LogP contribution in [-0.2, 0) is 18.9 Å². The fraction of sp³-hybridized carbons (Fsp3) is 0.625. The zero-order chi connectivity index (χ0) is 12.1. The van der Waals surface area contributed by atoms with Crippen LogP contribution >= 0.6 is 11.6 Å². The molecule has 0 atom stereocenters. The molecule has 0 aromatic carbocycles. The van der Waals surface area contributed by atoms with E-state index in [4.69, 9.17) is 16.1 Å². The van der Waals surface area contributed by atoms with Gasteiger partial charge in [-0.1, -0.05) is 5.16 Å². The molecule has 0 N–H and O–H groups in total. The standard InChI is InChI=1S/C8H14ClNO4Si/c1-13-8(12)7(6(11)5-9)10-14-15(2,3)4/h5H2,1-4H3/b10-7+. The maximum atomic E-state index is 11.2. The Morgan fingerprint density at radius 1 is 1.33 bits per heavy atom. The zero-order valence-electron chi connectivity index (χ0n) is 9.17. The molecule has 0 radical (unpaired) electrons. The van der Waals surface area contributed by atoms with Gasteiger partial charge in [-0.15, -0.1) is 11.6 Å². The maximum absolute atomic E-state index is 11.2. The number of methoxy groups -OCH3 is 1. The molecule has 0 spiro atoms. The normalized spacial score (nSPS) is 12.2. The van der Waals surface area contributed by atoms with E-state index in [2.05, 4.69) is 9.89 Å². The summed E-state index contributed by atoms with van der Waals surface area (Å²) in [5.74, 6) is -1.77. The summed E-state index contributed by atoms with van der Waals surface area (Å²) < 4.78 is 9.47. The van der Waals surface area contributed by atoms with Crippen LogP contribution in [0.2, 0.25) is 19.6 Å². The molecule has 0 amide bonds. The van der Waals surface area contributed by atoms with E-state index < -0.39 is 25.8 Å². The van der Waals surface area contributed by atoms with Gasteiger partial charge in [0.2, 0.25) is 11.5 Å². The van der Waals surface area contributed by atoms with Crippen molar-refractivity contribution in [1.29, 1.82) is 0 Å². The van der Waals surface area contributed by atoms with Gasteiger partial charge in [0, 0.05) is 0 Å². The van der Waals surface area contributed by atoms with Gasteiger partial charge in [-0.2, -0.15) is 0 Å². The van der Waals surface area contributed by atoms with Crippen LogP contribution in [0.25, 0.3) is 0 Å². The molecule has 0 saturated heterocycles. The lowest BCUT2D eigenvalue weighted by Crippen LogP contribution is -2.30. The number of Topliss-reactive ketones (excluding diaryl/α,β-unsaturated/α-hetero) is 1. The van der Waals surface area contributed by atoms with Crippen LogP contribution in [0.5, 0.6) is 0 Å². The molecule has 0 aromatic rings. The SMILES string of the molecule is COC(=O)/C(=N/O[Si](C)(C)C)C(=O)CCl. The molecular formula is C8H14ClNO4Si. The minimum Gasteiger partial charge on any atom is -0.464 e. The lowest BCUT2D eigenvalue weighted by atomic mass is 10.3. The van der Waals surface area contributed by atoms with Crippen molar-refractivity contribution in [1.82, 2.24) is 0 Å². The first-order valence-corrected chi connectivity index (χ1v) is 8.19. The van der Waals surface area contributed by atoms with Gasteiger partial charge in [0.1, 0.15) is 0 Å². The van der Waals surface area contributed by atoms with E-state index in [9.17, 15) is 9.59 Å². The van der Waals surface area contributed by atoms with E-state index in [-0.39, 0.29) is 5.88 Å². The van der Waals surface area contributed by atoms with Crippen molar-refractivity contribution < 1.29 is 18.9 Å². The monoisotopic (exact) mass is 251 g/mol. The number of oxime groups is 1. The first-order valence-electron chi connectivity index (χ1n) is 4.25. The number of halogens is 1. The summed E-state index contributed by atoms with van der Waals surface area (Å²) in [6.45, 7) is 5.61. The van der Waals surface area contributed by atoms with Crippen molar-refractivity contribution in [3.8, 4) is 0 Å². The molecular weight excluding hydrogens is 238 g/mol. The van der Waals surface area contributed by atoms with E-state index in [0.717, 1.165) is 7.11 Å². The Balaban J connectivity index is 4.79. The van der Waals surface area contributed by atoms with E-state index in [1.807, 2.05) is 19.6 Å². The van der Waals surface area contributed by atoms with E-state index in [1.54, 1.807) is 0 Å². The number of carbonyl (C=O) groups is 2. The number of esters is 1. The number of ether oxygens (including phenoxy) is 1. The van der Waals surface area contributed by atoms with Crippen molar-refractivity contribution in [3.05, 3.63) is 0 Å². The Kier molecular flexibility index (Phi) is 5.52. The van der Waals surface area contributed by atoms with Gasteiger partial charge < -0.3 is 9.26 Å². The second-order valence-corrected chi connectivity index (χ2v) is 8.37. The lowest BCUT2D eigenvalue weighted by molar-refractivity contribution is -0.133. The Morgan fingerprint density at radius 2 is 1.87 bits per heavy atom. The molecule has 0 unspecified atom stereocenters. The number of nitrogens with zero attached hydrogens (tertiary/aromatic N) is 1. The number of rotatable bonds is 5. The predicted molar refractivity (Wildman–Crippen MR) is 59.6 cm³/mol. The number of carbonyl (C=O) groups excluding carboxylic acids is 2. The van der Waals surface area contributed by atoms with Crippen LogP contribution < -0.4 is 0 Å². The molecule has 15 heavy (non-hydrogen) atoms. The van der Waals surface area contributed by atoms with Crippen molar-refractivity contribution in [2.45, 2.75) is 19.6 Å². The highest BCUT2D eigenvalue weighted by Crippen LogP contribution is 2.04. The van der Waals surface area contributed by atoms with Crippen molar-refractivity contribution in [3.63, 3.8) is 0 Å². The van der Waals surface area contributed by atoms with Crippen LogP contribution in [0.1, 0.15) is 0 Å². The van der Waals surface area contributed by atoms with Crippen molar-refractivity contribution >= 4 is 37.4 Å². The second-order valence-electron chi connectivity index (χ2n) is 3.69. The van der Waals surface area contributed by atoms with Crippen LogP contribution in [0.4, 0.5) is 0 Å². The Morgan fingerprint density at radius 3 is 2.20 bits per heavy atom. The number of hydrogen-bond donors (Lipinski definition) is 0. The van der Waals surface area contributed by atoms with Gasteiger partial charge in [-0.3, -0.25) is 4.79 Å². The molecule has 0 aromatic heterocycles. The maximum Gasteiger partial charge on any atom is 0.363 e. The first kappa shape index (κ1) is 14.1.